The second-order valence-corrected chi connectivity index (χ2v) is 2.91. The summed E-state index contributed by atoms with van der Waals surface area (Å²) in [6, 6.07) is 6.04. The highest BCUT2D eigenvalue weighted by atomic mass is 16.5. The summed E-state index contributed by atoms with van der Waals surface area (Å²) >= 11 is 0. The summed E-state index contributed by atoms with van der Waals surface area (Å²) in [5.41, 5.74) is 0.259. The van der Waals surface area contributed by atoms with Crippen LogP contribution >= 0.6 is 0 Å². The molecule has 0 spiro atoms. The molecule has 1 aromatic carbocycles. The summed E-state index contributed by atoms with van der Waals surface area (Å²) in [5.74, 6) is -4.29. The Bertz CT molecular complexity index is 369. The topological polar surface area (TPSA) is 77.3 Å². The summed E-state index contributed by atoms with van der Waals surface area (Å²) in [5, 5.41) is 16.4. The van der Waals surface area contributed by atoms with Crippen molar-refractivity contribution >= 4 is 11.6 Å². The van der Waals surface area contributed by atoms with Gasteiger partial charge in [0, 0.05) is 11.1 Å². The molecule has 0 aromatic heterocycles. The van der Waals surface area contributed by atoms with Gasteiger partial charge in [-0.05, 0) is 0 Å². The largest absolute Gasteiger partial charge is 0.407 e. The van der Waals surface area contributed by atoms with E-state index in [1.807, 2.05) is 0 Å². The third-order valence-corrected chi connectivity index (χ3v) is 2.07. The number of benzene rings is 1. The first-order valence-electron chi connectivity index (χ1n) is 3.71. The van der Waals surface area contributed by atoms with Crippen LogP contribution < -0.4 is 0 Å². The van der Waals surface area contributed by atoms with E-state index in [2.05, 4.69) is 0 Å². The molecule has 0 radical (unpaired) electrons. The second kappa shape index (κ2) is 2.25. The number of hydrogen-bond donors (Lipinski definition) is 1. The molecular formula is C9H7O4+. The Morgan fingerprint density at radius 3 is 1.85 bits per heavy atom. The van der Waals surface area contributed by atoms with E-state index < -0.39 is 17.4 Å². The van der Waals surface area contributed by atoms with Crippen molar-refractivity contribution in [2.45, 2.75) is 5.79 Å². The Morgan fingerprint density at radius 1 is 1.08 bits per heavy atom. The lowest BCUT2D eigenvalue weighted by Crippen LogP contribution is -2.40. The molecule has 66 valence electrons. The first kappa shape index (κ1) is 8.10. The highest BCUT2D eigenvalue weighted by molar-refractivity contribution is 6.30. The van der Waals surface area contributed by atoms with Crippen molar-refractivity contribution in [2.24, 2.45) is 0 Å². The molecule has 13 heavy (non-hydrogen) atoms. The van der Waals surface area contributed by atoms with E-state index in [1.165, 1.54) is 12.1 Å². The Morgan fingerprint density at radius 2 is 1.46 bits per heavy atom. The van der Waals surface area contributed by atoms with Crippen LogP contribution in [0.25, 0.3) is 0 Å². The minimum Gasteiger partial charge on any atom is -0.407 e. The smallest absolute Gasteiger partial charge is 0.403 e. The highest BCUT2D eigenvalue weighted by Gasteiger charge is 2.55. The number of aliphatic hydroxyl groups is 1. The van der Waals surface area contributed by atoms with Gasteiger partial charge < -0.3 is 10.2 Å². The fraction of sp³-hybridized carbons (Fsp3) is 0.111. The molecule has 0 saturated heterocycles. The predicted molar refractivity (Wildman–Crippen MR) is 43.7 cm³/mol. The molecule has 0 bridgehead atoms. The Kier molecular flexibility index (Phi) is 1.40. The van der Waals surface area contributed by atoms with Gasteiger partial charge in [-0.15, -0.1) is 0 Å². The maximum Gasteiger partial charge on any atom is 0.403 e. The maximum atomic E-state index is 11.3. The van der Waals surface area contributed by atoms with Gasteiger partial charge in [-0.2, -0.15) is 0 Å². The summed E-state index contributed by atoms with van der Waals surface area (Å²) in [7, 11) is 0. The van der Waals surface area contributed by atoms with E-state index in [1.54, 1.807) is 12.1 Å². The van der Waals surface area contributed by atoms with Gasteiger partial charge in [0.15, 0.2) is 0 Å². The van der Waals surface area contributed by atoms with Crippen LogP contribution in [0.1, 0.15) is 20.7 Å². The molecule has 2 rings (SSSR count). The van der Waals surface area contributed by atoms with E-state index >= 15 is 0 Å². The van der Waals surface area contributed by atoms with E-state index in [0.717, 1.165) is 0 Å². The number of rotatable bonds is 0. The predicted octanol–water partition coefficient (Wildman–Crippen LogP) is -0.521. The van der Waals surface area contributed by atoms with E-state index in [-0.39, 0.29) is 11.1 Å². The summed E-state index contributed by atoms with van der Waals surface area (Å²) in [6.45, 7) is 0. The van der Waals surface area contributed by atoms with Crippen molar-refractivity contribution in [2.75, 3.05) is 0 Å². The molecule has 0 fully saturated rings. The number of fused-ring (bicyclic) bond motifs is 1. The number of carbonyl (C=O) groups is 2. The van der Waals surface area contributed by atoms with Gasteiger partial charge in [-0.25, -0.2) is 0 Å². The lowest BCUT2D eigenvalue weighted by molar-refractivity contribution is -0.0857. The number of hydrogen-bond acceptors (Lipinski definition) is 3. The molecule has 0 saturated carbocycles. The highest BCUT2D eigenvalue weighted by Crippen LogP contribution is 2.27. The van der Waals surface area contributed by atoms with Crippen LogP contribution in [-0.2, 0) is 0 Å². The van der Waals surface area contributed by atoms with Gasteiger partial charge in [0.25, 0.3) is 11.6 Å². The molecule has 3 N–H and O–H groups in total. The first-order valence-corrected chi connectivity index (χ1v) is 3.71. The van der Waals surface area contributed by atoms with Crippen molar-refractivity contribution in [1.82, 2.24) is 0 Å². The molecule has 1 aliphatic rings. The van der Waals surface area contributed by atoms with Crippen LogP contribution in [-0.4, -0.2) is 27.6 Å². The van der Waals surface area contributed by atoms with Crippen LogP contribution in [0.3, 0.4) is 0 Å². The van der Waals surface area contributed by atoms with Crippen LogP contribution in [0, 0.1) is 0 Å². The van der Waals surface area contributed by atoms with Gasteiger partial charge in [0.05, 0.1) is 0 Å². The standard InChI is InChI=1S/C9H6O4/c10-7-5-3-1-2-4-6(5)8(11)9(7,12)13/h1-4,12-13H/p+1. The molecule has 0 aliphatic heterocycles. The Balaban J connectivity index is 2.71. The van der Waals surface area contributed by atoms with E-state index in [9.17, 15) is 14.7 Å². The van der Waals surface area contributed by atoms with Gasteiger partial charge in [-0.3, -0.25) is 9.59 Å². The summed E-state index contributed by atoms with van der Waals surface area (Å²) < 4.78 is 0. The van der Waals surface area contributed by atoms with Gasteiger partial charge in [-0.1, -0.05) is 24.3 Å². The van der Waals surface area contributed by atoms with Crippen molar-refractivity contribution in [3.8, 4) is 0 Å². The van der Waals surface area contributed by atoms with Crippen molar-refractivity contribution in [1.29, 1.82) is 0 Å². The van der Waals surface area contributed by atoms with Crippen LogP contribution in [0.4, 0.5) is 0 Å². The second-order valence-electron chi connectivity index (χ2n) is 2.91. The number of Topliss-reactive ketones (excluding diaryl/α,β-unsaturated/α-hetero) is 2. The average Bonchev–Trinajstić information content (AvgIpc) is 2.30. The van der Waals surface area contributed by atoms with Crippen molar-refractivity contribution < 1.29 is 19.8 Å². The van der Waals surface area contributed by atoms with E-state index in [4.69, 9.17) is 5.11 Å². The zero-order chi connectivity index (χ0) is 9.64. The molecule has 0 atom stereocenters. The molecule has 0 heterocycles. The number of ketones is 2. The fourth-order valence-corrected chi connectivity index (χ4v) is 1.37. The van der Waals surface area contributed by atoms with Gasteiger partial charge >= 0.3 is 5.79 Å². The summed E-state index contributed by atoms with van der Waals surface area (Å²) in [4.78, 5) is 22.5. The lowest BCUT2D eigenvalue weighted by atomic mass is 10.1. The first-order chi connectivity index (χ1) is 6.05. The van der Waals surface area contributed by atoms with Crippen molar-refractivity contribution in [3.63, 3.8) is 0 Å². The fourth-order valence-electron chi connectivity index (χ4n) is 1.37. The van der Waals surface area contributed by atoms with E-state index in [0.29, 0.717) is 0 Å². The minimum absolute atomic E-state index is 0.130. The molecule has 0 unspecified atom stereocenters. The van der Waals surface area contributed by atoms with Crippen LogP contribution in [0.2, 0.25) is 0 Å². The molecule has 1 aromatic rings. The average molecular weight is 179 g/mol. The SMILES string of the molecule is O=C1c2ccccc2C(=O)C1(O)[OH2+]. The normalized spacial score (nSPS) is 18.9. The molecule has 4 nitrogen and oxygen atoms in total. The quantitative estimate of drug-likeness (QED) is 0.330. The molecule has 1 aliphatic carbocycles. The molecular weight excluding hydrogens is 172 g/mol. The lowest BCUT2D eigenvalue weighted by Gasteiger charge is -2.03. The van der Waals surface area contributed by atoms with Gasteiger partial charge in [0.2, 0.25) is 0 Å². The maximum absolute atomic E-state index is 11.3. The minimum atomic E-state index is -2.61. The van der Waals surface area contributed by atoms with Crippen LogP contribution in [0.15, 0.2) is 24.3 Å². The zero-order valence-electron chi connectivity index (χ0n) is 6.57. The molecule has 4 heteroatoms. The summed E-state index contributed by atoms with van der Waals surface area (Å²) in [6.07, 6.45) is 0. The monoisotopic (exact) mass is 179 g/mol. The third kappa shape index (κ3) is 0.867. The van der Waals surface area contributed by atoms with Crippen LogP contribution in [0.5, 0.6) is 0 Å². The van der Waals surface area contributed by atoms with Gasteiger partial charge in [0.1, 0.15) is 0 Å². The van der Waals surface area contributed by atoms with Crippen molar-refractivity contribution in [3.05, 3.63) is 35.4 Å². The zero-order valence-corrected chi connectivity index (χ0v) is 6.57. The number of carbonyl (C=O) groups excluding carboxylic acids is 2. The Hall–Kier alpha value is -1.52. The third-order valence-electron chi connectivity index (χ3n) is 2.07. The Labute approximate surface area is 73.4 Å². The molecule has 0 amide bonds.